The average molecular weight is 285 g/mol. The van der Waals surface area contributed by atoms with Crippen LogP contribution in [0.5, 0.6) is 5.75 Å². The summed E-state index contributed by atoms with van der Waals surface area (Å²) in [6.07, 6.45) is -0.271. The van der Waals surface area contributed by atoms with Gasteiger partial charge in [-0.25, -0.2) is 4.79 Å². The number of halogens is 1. The first-order valence-corrected chi connectivity index (χ1v) is 6.45. The molecule has 1 aliphatic rings. The van der Waals surface area contributed by atoms with Gasteiger partial charge < -0.3 is 19.3 Å². The normalized spacial score (nSPS) is 15.3. The molecular weight excluding hydrogens is 268 g/mol. The maximum Gasteiger partial charge on any atom is 0.409 e. The summed E-state index contributed by atoms with van der Waals surface area (Å²) >= 11 is 6.11. The summed E-state index contributed by atoms with van der Waals surface area (Å²) in [5.74, 6) is 0.665. The van der Waals surface area contributed by atoms with Gasteiger partial charge in [0, 0.05) is 31.9 Å². The minimum atomic E-state index is -0.271. The number of amides is 1. The smallest absolute Gasteiger partial charge is 0.409 e. The lowest BCUT2D eigenvalue weighted by molar-refractivity contribution is 0.121. The molecule has 0 spiro atoms. The Morgan fingerprint density at radius 3 is 2.42 bits per heavy atom. The minimum absolute atomic E-state index is 0.271. The zero-order valence-electron chi connectivity index (χ0n) is 11.1. The van der Waals surface area contributed by atoms with Gasteiger partial charge >= 0.3 is 6.09 Å². The monoisotopic (exact) mass is 284 g/mol. The molecule has 0 atom stereocenters. The molecule has 0 bridgehead atoms. The summed E-state index contributed by atoms with van der Waals surface area (Å²) in [5.41, 5.74) is 1.04. The Morgan fingerprint density at radius 1 is 1.21 bits per heavy atom. The number of methoxy groups -OCH3 is 2. The van der Waals surface area contributed by atoms with Crippen LogP contribution in [0.4, 0.5) is 10.5 Å². The SMILES string of the molecule is COC(=O)N1CCN(c2ccc(OC)c(Cl)c2)CC1. The maximum absolute atomic E-state index is 11.4. The third kappa shape index (κ3) is 3.04. The summed E-state index contributed by atoms with van der Waals surface area (Å²) in [6, 6.07) is 5.71. The van der Waals surface area contributed by atoms with Gasteiger partial charge in [-0.15, -0.1) is 0 Å². The number of hydrogen-bond acceptors (Lipinski definition) is 4. The van der Waals surface area contributed by atoms with Crippen LogP contribution in [0.1, 0.15) is 0 Å². The van der Waals surface area contributed by atoms with Gasteiger partial charge in [0.15, 0.2) is 0 Å². The van der Waals surface area contributed by atoms with E-state index in [1.807, 2.05) is 18.2 Å². The fourth-order valence-electron chi connectivity index (χ4n) is 2.13. The molecule has 0 aliphatic carbocycles. The number of piperazine rings is 1. The molecule has 1 amide bonds. The van der Waals surface area contributed by atoms with Gasteiger partial charge in [-0.05, 0) is 18.2 Å². The third-order valence-electron chi connectivity index (χ3n) is 3.21. The van der Waals surface area contributed by atoms with E-state index in [0.717, 1.165) is 18.8 Å². The van der Waals surface area contributed by atoms with Crippen LogP contribution in [-0.2, 0) is 4.74 Å². The Kier molecular flexibility index (Phi) is 4.37. The first kappa shape index (κ1) is 13.8. The standard InChI is InChI=1S/C13H17ClN2O3/c1-18-12-4-3-10(9-11(12)14)15-5-7-16(8-6-15)13(17)19-2/h3-4,9H,5-8H2,1-2H3. The predicted octanol–water partition coefficient (Wildman–Crippen LogP) is 2.24. The number of carbonyl (C=O) groups excluding carboxylic acids is 1. The third-order valence-corrected chi connectivity index (χ3v) is 3.51. The average Bonchev–Trinajstić information content (AvgIpc) is 2.46. The molecule has 0 aromatic heterocycles. The summed E-state index contributed by atoms with van der Waals surface area (Å²) in [7, 11) is 2.99. The lowest BCUT2D eigenvalue weighted by Gasteiger charge is -2.35. The van der Waals surface area contributed by atoms with Crippen molar-refractivity contribution in [3.8, 4) is 5.75 Å². The molecule has 1 saturated heterocycles. The molecule has 0 N–H and O–H groups in total. The van der Waals surface area contributed by atoms with E-state index >= 15 is 0 Å². The molecule has 5 nitrogen and oxygen atoms in total. The summed E-state index contributed by atoms with van der Waals surface area (Å²) in [6.45, 7) is 2.82. The van der Waals surface area contributed by atoms with Crippen LogP contribution in [0, 0.1) is 0 Å². The molecule has 1 fully saturated rings. The van der Waals surface area contributed by atoms with E-state index in [2.05, 4.69) is 4.90 Å². The van der Waals surface area contributed by atoms with Crippen molar-refractivity contribution in [1.82, 2.24) is 4.90 Å². The summed E-state index contributed by atoms with van der Waals surface area (Å²) in [5, 5.41) is 0.593. The Bertz CT molecular complexity index is 459. The summed E-state index contributed by atoms with van der Waals surface area (Å²) in [4.78, 5) is 15.3. The number of hydrogen-bond donors (Lipinski definition) is 0. The number of carbonyl (C=O) groups is 1. The van der Waals surface area contributed by atoms with Crippen molar-refractivity contribution in [3.63, 3.8) is 0 Å². The van der Waals surface area contributed by atoms with E-state index in [9.17, 15) is 4.79 Å². The largest absolute Gasteiger partial charge is 0.495 e. The van der Waals surface area contributed by atoms with Crippen molar-refractivity contribution < 1.29 is 14.3 Å². The van der Waals surface area contributed by atoms with Crippen LogP contribution >= 0.6 is 11.6 Å². The number of rotatable bonds is 2. The second-order valence-electron chi connectivity index (χ2n) is 4.26. The van der Waals surface area contributed by atoms with Crippen LogP contribution in [0.15, 0.2) is 18.2 Å². The molecule has 0 saturated carbocycles. The van der Waals surface area contributed by atoms with E-state index in [1.165, 1.54) is 7.11 Å². The highest BCUT2D eigenvalue weighted by molar-refractivity contribution is 6.32. The van der Waals surface area contributed by atoms with Crippen molar-refractivity contribution in [1.29, 1.82) is 0 Å². The second kappa shape index (κ2) is 6.02. The summed E-state index contributed by atoms with van der Waals surface area (Å²) < 4.78 is 9.84. The molecule has 1 heterocycles. The highest BCUT2D eigenvalue weighted by atomic mass is 35.5. The van der Waals surface area contributed by atoms with Gasteiger partial charge in [-0.2, -0.15) is 0 Å². The van der Waals surface area contributed by atoms with Crippen molar-refractivity contribution in [2.75, 3.05) is 45.3 Å². The second-order valence-corrected chi connectivity index (χ2v) is 4.67. The van der Waals surface area contributed by atoms with E-state index < -0.39 is 0 Å². The van der Waals surface area contributed by atoms with Crippen molar-refractivity contribution in [2.45, 2.75) is 0 Å². The van der Waals surface area contributed by atoms with Gasteiger partial charge in [0.1, 0.15) is 5.75 Å². The Hall–Kier alpha value is -1.62. The number of anilines is 1. The first-order chi connectivity index (χ1) is 9.15. The highest BCUT2D eigenvalue weighted by Crippen LogP contribution is 2.29. The molecule has 19 heavy (non-hydrogen) atoms. The zero-order valence-corrected chi connectivity index (χ0v) is 11.8. The van der Waals surface area contributed by atoms with Crippen LogP contribution in [-0.4, -0.2) is 51.4 Å². The van der Waals surface area contributed by atoms with Gasteiger partial charge in [-0.1, -0.05) is 11.6 Å². The van der Waals surface area contributed by atoms with Crippen molar-refractivity contribution in [3.05, 3.63) is 23.2 Å². The minimum Gasteiger partial charge on any atom is -0.495 e. The van der Waals surface area contributed by atoms with Crippen LogP contribution in [0.3, 0.4) is 0 Å². The van der Waals surface area contributed by atoms with E-state index in [4.69, 9.17) is 21.1 Å². The zero-order chi connectivity index (χ0) is 13.8. The van der Waals surface area contributed by atoms with Gasteiger partial charge in [0.05, 0.1) is 19.2 Å². The Labute approximate surface area is 117 Å². The lowest BCUT2D eigenvalue weighted by Crippen LogP contribution is -2.48. The molecule has 1 aromatic rings. The molecule has 1 aromatic carbocycles. The highest BCUT2D eigenvalue weighted by Gasteiger charge is 2.21. The number of nitrogens with zero attached hydrogens (tertiary/aromatic N) is 2. The van der Waals surface area contributed by atoms with Crippen molar-refractivity contribution >= 4 is 23.4 Å². The van der Waals surface area contributed by atoms with Gasteiger partial charge in [0.2, 0.25) is 0 Å². The van der Waals surface area contributed by atoms with Crippen LogP contribution in [0.25, 0.3) is 0 Å². The quantitative estimate of drug-likeness (QED) is 0.835. The molecule has 6 heteroatoms. The Balaban J connectivity index is 2.01. The number of ether oxygens (including phenoxy) is 2. The van der Waals surface area contributed by atoms with Crippen LogP contribution < -0.4 is 9.64 Å². The number of benzene rings is 1. The van der Waals surface area contributed by atoms with Gasteiger partial charge in [-0.3, -0.25) is 0 Å². The molecule has 0 radical (unpaired) electrons. The molecular formula is C13H17ClN2O3. The molecule has 2 rings (SSSR count). The Morgan fingerprint density at radius 2 is 1.89 bits per heavy atom. The van der Waals surface area contributed by atoms with E-state index in [1.54, 1.807) is 12.0 Å². The van der Waals surface area contributed by atoms with E-state index in [0.29, 0.717) is 23.9 Å². The maximum atomic E-state index is 11.4. The molecule has 104 valence electrons. The lowest BCUT2D eigenvalue weighted by atomic mass is 10.2. The fourth-order valence-corrected chi connectivity index (χ4v) is 2.38. The van der Waals surface area contributed by atoms with Crippen molar-refractivity contribution in [2.24, 2.45) is 0 Å². The first-order valence-electron chi connectivity index (χ1n) is 6.07. The topological polar surface area (TPSA) is 42.0 Å². The predicted molar refractivity (Wildman–Crippen MR) is 74.2 cm³/mol. The fraction of sp³-hybridized carbons (Fsp3) is 0.462. The van der Waals surface area contributed by atoms with Crippen LogP contribution in [0.2, 0.25) is 5.02 Å². The molecule has 1 aliphatic heterocycles. The van der Waals surface area contributed by atoms with Gasteiger partial charge in [0.25, 0.3) is 0 Å². The molecule has 0 unspecified atom stereocenters. The van der Waals surface area contributed by atoms with E-state index in [-0.39, 0.29) is 6.09 Å².